The third-order valence-corrected chi connectivity index (χ3v) is 3.99. The van der Waals surface area contributed by atoms with Crippen LogP contribution in [-0.2, 0) is 9.59 Å². The summed E-state index contributed by atoms with van der Waals surface area (Å²) in [6, 6.07) is 23.6. The van der Waals surface area contributed by atoms with Gasteiger partial charge in [-0.1, -0.05) is 60.1 Å². The number of carbonyl (C=O) groups excluding carboxylic acids is 2. The summed E-state index contributed by atoms with van der Waals surface area (Å²) in [6.45, 7) is 0. The lowest BCUT2D eigenvalue weighted by atomic mass is 10.1. The molecule has 136 valence electrons. The molecule has 0 spiro atoms. The highest BCUT2D eigenvalue weighted by atomic mass is 35.5. The molecule has 0 atom stereocenters. The van der Waals surface area contributed by atoms with Crippen LogP contribution in [-0.4, -0.2) is 11.9 Å². The molecule has 0 saturated carbocycles. The molecule has 0 saturated heterocycles. The van der Waals surface area contributed by atoms with Gasteiger partial charge in [-0.2, -0.15) is 0 Å². The minimum Gasteiger partial charge on any atom is -0.427 e. The number of hydrogen-bond acceptors (Lipinski definition) is 4. The van der Waals surface area contributed by atoms with Gasteiger partial charge in [0.1, 0.15) is 11.5 Å². The van der Waals surface area contributed by atoms with Gasteiger partial charge in [0.25, 0.3) is 0 Å². The molecule has 0 unspecified atom stereocenters. The Morgan fingerprint density at radius 1 is 0.667 bits per heavy atom. The Balaban J connectivity index is 1.48. The van der Waals surface area contributed by atoms with Gasteiger partial charge in [0.15, 0.2) is 0 Å². The van der Waals surface area contributed by atoms with Gasteiger partial charge in [-0.15, -0.1) is 0 Å². The Labute approximate surface area is 162 Å². The number of hydrogen-bond donors (Lipinski definition) is 0. The summed E-state index contributed by atoms with van der Waals surface area (Å²) in [5.74, 6) is -0.237. The molecule has 0 aromatic heterocycles. The number of halogens is 1. The quantitative estimate of drug-likeness (QED) is 0.430. The van der Waals surface area contributed by atoms with Crippen LogP contribution in [0.2, 0.25) is 5.02 Å². The third kappa shape index (κ3) is 5.69. The number of esters is 2. The van der Waals surface area contributed by atoms with Crippen LogP contribution >= 0.6 is 11.6 Å². The Kier molecular flexibility index (Phi) is 6.23. The number of benzene rings is 3. The number of ether oxygens (including phenoxy) is 2. The summed E-state index contributed by atoms with van der Waals surface area (Å²) in [7, 11) is 0. The first-order valence-corrected chi connectivity index (χ1v) is 8.80. The van der Waals surface area contributed by atoms with Gasteiger partial charge in [0.2, 0.25) is 0 Å². The summed E-state index contributed by atoms with van der Waals surface area (Å²) < 4.78 is 10.4. The summed E-state index contributed by atoms with van der Waals surface area (Å²) in [5.41, 5.74) is 2.11. The zero-order chi connectivity index (χ0) is 19.1. The van der Waals surface area contributed by atoms with E-state index in [4.69, 9.17) is 21.1 Å². The highest BCUT2D eigenvalue weighted by Crippen LogP contribution is 2.22. The van der Waals surface area contributed by atoms with Crippen molar-refractivity contribution < 1.29 is 19.1 Å². The second-order valence-corrected chi connectivity index (χ2v) is 6.23. The van der Waals surface area contributed by atoms with Crippen LogP contribution in [0.15, 0.2) is 78.9 Å². The summed E-state index contributed by atoms with van der Waals surface area (Å²) in [4.78, 5) is 23.7. The second-order valence-electron chi connectivity index (χ2n) is 5.80. The average molecular weight is 381 g/mol. The minimum atomic E-state index is -0.520. The van der Waals surface area contributed by atoms with Gasteiger partial charge in [-0.25, -0.2) is 0 Å². The molecule has 0 radical (unpaired) electrons. The van der Waals surface area contributed by atoms with E-state index < -0.39 is 11.9 Å². The van der Waals surface area contributed by atoms with Crippen molar-refractivity contribution in [1.29, 1.82) is 0 Å². The molecule has 0 aliphatic carbocycles. The molecule has 0 aliphatic rings. The lowest BCUT2D eigenvalue weighted by Gasteiger charge is -2.07. The van der Waals surface area contributed by atoms with Gasteiger partial charge in [-0.3, -0.25) is 9.59 Å². The maximum Gasteiger partial charge on any atom is 0.311 e. The van der Waals surface area contributed by atoms with Crippen molar-refractivity contribution in [2.75, 3.05) is 0 Å². The van der Waals surface area contributed by atoms with E-state index in [0.29, 0.717) is 16.5 Å². The van der Waals surface area contributed by atoms with E-state index in [1.165, 1.54) is 6.07 Å². The van der Waals surface area contributed by atoms with Crippen molar-refractivity contribution >= 4 is 23.5 Å². The molecule has 0 bridgehead atoms. The molecule has 0 N–H and O–H groups in total. The first-order chi connectivity index (χ1) is 13.1. The Morgan fingerprint density at radius 3 is 1.89 bits per heavy atom. The molecular weight excluding hydrogens is 364 g/mol. The first-order valence-electron chi connectivity index (χ1n) is 8.42. The predicted molar refractivity (Wildman–Crippen MR) is 104 cm³/mol. The topological polar surface area (TPSA) is 52.6 Å². The van der Waals surface area contributed by atoms with E-state index in [-0.39, 0.29) is 12.8 Å². The van der Waals surface area contributed by atoms with Crippen molar-refractivity contribution in [3.63, 3.8) is 0 Å². The van der Waals surface area contributed by atoms with Crippen LogP contribution in [0.5, 0.6) is 11.5 Å². The molecular formula is C22H17ClO4. The molecule has 0 heterocycles. The molecule has 0 aliphatic heterocycles. The Hall–Kier alpha value is -3.11. The number of carbonyl (C=O) groups is 2. The second kappa shape index (κ2) is 9.01. The van der Waals surface area contributed by atoms with Crippen LogP contribution in [0.1, 0.15) is 12.8 Å². The summed E-state index contributed by atoms with van der Waals surface area (Å²) in [5, 5.41) is 0.471. The van der Waals surface area contributed by atoms with E-state index in [9.17, 15) is 9.59 Å². The van der Waals surface area contributed by atoms with E-state index in [1.807, 2.05) is 42.5 Å². The van der Waals surface area contributed by atoms with Crippen molar-refractivity contribution in [3.05, 3.63) is 83.9 Å². The van der Waals surface area contributed by atoms with Crippen molar-refractivity contribution in [2.45, 2.75) is 12.8 Å². The van der Waals surface area contributed by atoms with Crippen molar-refractivity contribution in [1.82, 2.24) is 0 Å². The molecule has 3 aromatic rings. The van der Waals surface area contributed by atoms with E-state index >= 15 is 0 Å². The highest BCUT2D eigenvalue weighted by molar-refractivity contribution is 6.30. The molecule has 27 heavy (non-hydrogen) atoms. The van der Waals surface area contributed by atoms with E-state index in [0.717, 1.165) is 11.1 Å². The van der Waals surface area contributed by atoms with Crippen LogP contribution in [0.4, 0.5) is 0 Å². The Bertz CT molecular complexity index is 921. The minimum absolute atomic E-state index is 0.0696. The first kappa shape index (κ1) is 18.7. The zero-order valence-corrected chi connectivity index (χ0v) is 15.2. The molecule has 4 nitrogen and oxygen atoms in total. The lowest BCUT2D eigenvalue weighted by molar-refractivity contribution is -0.140. The molecule has 0 amide bonds. The van der Waals surface area contributed by atoms with Crippen LogP contribution in [0.3, 0.4) is 0 Å². The SMILES string of the molecule is O=C(CCC(=O)Oc1cccc(Cl)c1)Oc1ccc(-c2ccccc2)cc1. The standard InChI is InChI=1S/C22H17ClO4/c23-18-7-4-8-20(15-18)27-22(25)14-13-21(24)26-19-11-9-17(10-12-19)16-5-2-1-3-6-16/h1-12,15H,13-14H2. The third-order valence-electron chi connectivity index (χ3n) is 3.75. The largest absolute Gasteiger partial charge is 0.427 e. The highest BCUT2D eigenvalue weighted by Gasteiger charge is 2.11. The lowest BCUT2D eigenvalue weighted by Crippen LogP contribution is -2.14. The zero-order valence-electron chi connectivity index (χ0n) is 14.4. The van der Waals surface area contributed by atoms with Crippen molar-refractivity contribution in [2.24, 2.45) is 0 Å². The fourth-order valence-corrected chi connectivity index (χ4v) is 2.63. The van der Waals surface area contributed by atoms with Gasteiger partial charge in [-0.05, 0) is 41.5 Å². The van der Waals surface area contributed by atoms with Gasteiger partial charge >= 0.3 is 11.9 Å². The van der Waals surface area contributed by atoms with Crippen LogP contribution < -0.4 is 9.47 Å². The van der Waals surface area contributed by atoms with E-state index in [2.05, 4.69) is 0 Å². The van der Waals surface area contributed by atoms with Crippen molar-refractivity contribution in [3.8, 4) is 22.6 Å². The fraction of sp³-hybridized carbons (Fsp3) is 0.0909. The predicted octanol–water partition coefficient (Wildman–Crippen LogP) is 5.30. The van der Waals surface area contributed by atoms with Crippen LogP contribution in [0, 0.1) is 0 Å². The summed E-state index contributed by atoms with van der Waals surface area (Å²) >= 11 is 5.83. The molecule has 5 heteroatoms. The number of rotatable bonds is 6. The smallest absolute Gasteiger partial charge is 0.311 e. The maximum atomic E-state index is 11.9. The molecule has 3 rings (SSSR count). The normalized spacial score (nSPS) is 10.3. The van der Waals surface area contributed by atoms with Crippen LogP contribution in [0.25, 0.3) is 11.1 Å². The van der Waals surface area contributed by atoms with Gasteiger partial charge in [0, 0.05) is 5.02 Å². The van der Waals surface area contributed by atoms with Gasteiger partial charge < -0.3 is 9.47 Å². The van der Waals surface area contributed by atoms with Gasteiger partial charge in [0.05, 0.1) is 12.8 Å². The van der Waals surface area contributed by atoms with E-state index in [1.54, 1.807) is 30.3 Å². The monoisotopic (exact) mass is 380 g/mol. The average Bonchev–Trinajstić information content (AvgIpc) is 2.68. The Morgan fingerprint density at radius 2 is 1.26 bits per heavy atom. The maximum absolute atomic E-state index is 11.9. The fourth-order valence-electron chi connectivity index (χ4n) is 2.45. The summed E-state index contributed by atoms with van der Waals surface area (Å²) in [6.07, 6.45) is -0.146. The molecule has 3 aromatic carbocycles. The molecule has 0 fully saturated rings.